The molecule has 1 atom stereocenters. The average molecular weight is 343 g/mol. The Bertz CT molecular complexity index is 681. The van der Waals surface area contributed by atoms with E-state index in [1.54, 1.807) is 12.7 Å². The smallest absolute Gasteiger partial charge is 0.321 e. The quantitative estimate of drug-likeness (QED) is 0.904. The van der Waals surface area contributed by atoms with Gasteiger partial charge in [0.2, 0.25) is 0 Å². The van der Waals surface area contributed by atoms with Crippen molar-refractivity contribution < 1.29 is 9.53 Å². The van der Waals surface area contributed by atoms with E-state index in [2.05, 4.69) is 22.3 Å². The fourth-order valence-corrected chi connectivity index (χ4v) is 2.90. The Kier molecular flexibility index (Phi) is 5.53. The summed E-state index contributed by atoms with van der Waals surface area (Å²) in [6, 6.07) is 7.79. The molecular weight excluding hydrogens is 318 g/mol. The maximum absolute atomic E-state index is 12.5. The predicted octanol–water partition coefficient (Wildman–Crippen LogP) is 3.32. The number of urea groups is 1. The molecule has 7 heteroatoms. The summed E-state index contributed by atoms with van der Waals surface area (Å²) >= 11 is 0. The van der Waals surface area contributed by atoms with Crippen LogP contribution >= 0.6 is 0 Å². The summed E-state index contributed by atoms with van der Waals surface area (Å²) in [5, 5.41) is 7.16. The number of anilines is 1. The standard InChI is InChI=1S/C18H25N5O2/c1-3-14(2)25-17-6-4-5-15(11-17)21-18(24)22-9-7-16(8-10-22)23-13-19-12-20-23/h4-6,11-14,16H,3,7-10H2,1-2H3,(H,21,24)/t14-/m1/s1. The third kappa shape index (κ3) is 4.49. The van der Waals surface area contributed by atoms with Crippen molar-refractivity contribution in [3.05, 3.63) is 36.9 Å². The van der Waals surface area contributed by atoms with Gasteiger partial charge in [0.1, 0.15) is 18.4 Å². The summed E-state index contributed by atoms with van der Waals surface area (Å²) < 4.78 is 7.69. The van der Waals surface area contributed by atoms with Gasteiger partial charge >= 0.3 is 6.03 Å². The number of piperidine rings is 1. The molecule has 2 aromatic rings. The molecule has 2 amide bonds. The zero-order chi connectivity index (χ0) is 17.6. The first-order valence-electron chi connectivity index (χ1n) is 8.82. The molecule has 0 saturated carbocycles. The highest BCUT2D eigenvalue weighted by molar-refractivity contribution is 5.89. The van der Waals surface area contributed by atoms with Crippen LogP contribution in [-0.2, 0) is 0 Å². The molecule has 3 rings (SSSR count). The molecule has 7 nitrogen and oxygen atoms in total. The highest BCUT2D eigenvalue weighted by Gasteiger charge is 2.24. The van der Waals surface area contributed by atoms with Crippen molar-refractivity contribution in [3.8, 4) is 5.75 Å². The molecular formula is C18H25N5O2. The van der Waals surface area contributed by atoms with E-state index >= 15 is 0 Å². The molecule has 2 heterocycles. The molecule has 1 aromatic carbocycles. The lowest BCUT2D eigenvalue weighted by Gasteiger charge is -2.31. The van der Waals surface area contributed by atoms with E-state index in [1.165, 1.54) is 0 Å². The summed E-state index contributed by atoms with van der Waals surface area (Å²) in [4.78, 5) is 18.3. The van der Waals surface area contributed by atoms with Crippen LogP contribution in [0.5, 0.6) is 5.75 Å². The average Bonchev–Trinajstić information content (AvgIpc) is 3.16. The van der Waals surface area contributed by atoms with Crippen LogP contribution in [-0.4, -0.2) is 44.9 Å². The van der Waals surface area contributed by atoms with Gasteiger partial charge in [-0.15, -0.1) is 0 Å². The lowest BCUT2D eigenvalue weighted by atomic mass is 10.1. The number of hydrogen-bond acceptors (Lipinski definition) is 4. The number of carbonyl (C=O) groups excluding carboxylic acids is 1. The molecule has 0 aliphatic carbocycles. The summed E-state index contributed by atoms with van der Waals surface area (Å²) in [6.45, 7) is 5.53. The summed E-state index contributed by atoms with van der Waals surface area (Å²) in [5.41, 5.74) is 0.754. The van der Waals surface area contributed by atoms with E-state index in [9.17, 15) is 4.79 Å². The Hall–Kier alpha value is -2.57. The molecule has 134 valence electrons. The van der Waals surface area contributed by atoms with Gasteiger partial charge in [-0.3, -0.25) is 0 Å². The van der Waals surface area contributed by atoms with Gasteiger partial charge in [-0.1, -0.05) is 13.0 Å². The van der Waals surface area contributed by atoms with E-state index in [0.717, 1.165) is 30.7 Å². The fraction of sp³-hybridized carbons (Fsp3) is 0.500. The minimum atomic E-state index is -0.0715. The van der Waals surface area contributed by atoms with Crippen LogP contribution in [0.1, 0.15) is 39.2 Å². The third-order valence-electron chi connectivity index (χ3n) is 4.56. The summed E-state index contributed by atoms with van der Waals surface area (Å²) in [5.74, 6) is 0.775. The van der Waals surface area contributed by atoms with Gasteiger partial charge in [0.15, 0.2) is 0 Å². The van der Waals surface area contributed by atoms with Crippen molar-refractivity contribution in [2.45, 2.75) is 45.3 Å². The van der Waals surface area contributed by atoms with Gasteiger partial charge < -0.3 is 15.0 Å². The van der Waals surface area contributed by atoms with Crippen LogP contribution in [0.15, 0.2) is 36.9 Å². The largest absolute Gasteiger partial charge is 0.491 e. The van der Waals surface area contributed by atoms with Crippen molar-refractivity contribution in [2.75, 3.05) is 18.4 Å². The number of amides is 2. The van der Waals surface area contributed by atoms with Crippen molar-refractivity contribution in [2.24, 2.45) is 0 Å². The monoisotopic (exact) mass is 343 g/mol. The highest BCUT2D eigenvalue weighted by Crippen LogP contribution is 2.23. The number of rotatable bonds is 5. The van der Waals surface area contributed by atoms with Crippen LogP contribution in [0.3, 0.4) is 0 Å². The minimum Gasteiger partial charge on any atom is -0.491 e. The Balaban J connectivity index is 1.53. The number of benzene rings is 1. The number of carbonyl (C=O) groups is 1. The molecule has 1 N–H and O–H groups in total. The second kappa shape index (κ2) is 8.00. The number of aromatic nitrogens is 3. The van der Waals surface area contributed by atoms with Gasteiger partial charge in [0, 0.05) is 24.8 Å². The highest BCUT2D eigenvalue weighted by atomic mass is 16.5. The normalized spacial score (nSPS) is 16.5. The Morgan fingerprint density at radius 1 is 1.40 bits per heavy atom. The van der Waals surface area contributed by atoms with E-state index < -0.39 is 0 Å². The minimum absolute atomic E-state index is 0.0715. The molecule has 1 aliphatic heterocycles. The zero-order valence-electron chi connectivity index (χ0n) is 14.8. The fourth-order valence-electron chi connectivity index (χ4n) is 2.90. The zero-order valence-corrected chi connectivity index (χ0v) is 14.8. The van der Waals surface area contributed by atoms with Gasteiger partial charge in [0.25, 0.3) is 0 Å². The van der Waals surface area contributed by atoms with Crippen LogP contribution in [0, 0.1) is 0 Å². The number of likely N-dealkylation sites (tertiary alicyclic amines) is 1. The Morgan fingerprint density at radius 3 is 2.88 bits per heavy atom. The first-order valence-corrected chi connectivity index (χ1v) is 8.82. The van der Waals surface area contributed by atoms with E-state index in [0.29, 0.717) is 19.1 Å². The Morgan fingerprint density at radius 2 is 2.20 bits per heavy atom. The SMILES string of the molecule is CC[C@@H](C)Oc1cccc(NC(=O)N2CCC(n3cncn3)CC2)c1. The van der Waals surface area contributed by atoms with E-state index in [1.807, 2.05) is 40.8 Å². The Labute approximate surface area is 148 Å². The number of nitrogens with one attached hydrogen (secondary N) is 1. The van der Waals surface area contributed by atoms with Gasteiger partial charge in [0.05, 0.1) is 12.1 Å². The molecule has 1 saturated heterocycles. The van der Waals surface area contributed by atoms with Crippen LogP contribution in [0.2, 0.25) is 0 Å². The molecule has 1 aromatic heterocycles. The van der Waals surface area contributed by atoms with Crippen LogP contribution < -0.4 is 10.1 Å². The topological polar surface area (TPSA) is 72.3 Å². The van der Waals surface area contributed by atoms with Crippen molar-refractivity contribution in [1.82, 2.24) is 19.7 Å². The van der Waals surface area contributed by atoms with Crippen molar-refractivity contribution in [3.63, 3.8) is 0 Å². The van der Waals surface area contributed by atoms with Gasteiger partial charge in [-0.25, -0.2) is 14.5 Å². The maximum atomic E-state index is 12.5. The predicted molar refractivity (Wildman–Crippen MR) is 95.7 cm³/mol. The van der Waals surface area contributed by atoms with E-state index in [-0.39, 0.29) is 12.1 Å². The van der Waals surface area contributed by atoms with Crippen LogP contribution in [0.4, 0.5) is 10.5 Å². The summed E-state index contributed by atoms with van der Waals surface area (Å²) in [6.07, 6.45) is 6.15. The lowest BCUT2D eigenvalue weighted by molar-refractivity contribution is 0.180. The molecule has 25 heavy (non-hydrogen) atoms. The number of nitrogens with zero attached hydrogens (tertiary/aromatic N) is 4. The lowest BCUT2D eigenvalue weighted by Crippen LogP contribution is -2.41. The van der Waals surface area contributed by atoms with E-state index in [4.69, 9.17) is 4.74 Å². The molecule has 1 aliphatic rings. The second-order valence-corrected chi connectivity index (χ2v) is 6.39. The molecule has 0 spiro atoms. The van der Waals surface area contributed by atoms with Gasteiger partial charge in [-0.2, -0.15) is 5.10 Å². The molecule has 0 radical (unpaired) electrons. The molecule has 0 bridgehead atoms. The maximum Gasteiger partial charge on any atom is 0.321 e. The molecule has 1 fully saturated rings. The van der Waals surface area contributed by atoms with Crippen LogP contribution in [0.25, 0.3) is 0 Å². The van der Waals surface area contributed by atoms with Gasteiger partial charge in [-0.05, 0) is 38.3 Å². The summed E-state index contributed by atoms with van der Waals surface area (Å²) in [7, 11) is 0. The molecule has 0 unspecified atom stereocenters. The van der Waals surface area contributed by atoms with Crippen molar-refractivity contribution >= 4 is 11.7 Å². The number of hydrogen-bond donors (Lipinski definition) is 1. The second-order valence-electron chi connectivity index (χ2n) is 6.39. The first-order chi connectivity index (χ1) is 12.2. The number of ether oxygens (including phenoxy) is 1. The first kappa shape index (κ1) is 17.3. The third-order valence-corrected chi connectivity index (χ3v) is 4.56. The van der Waals surface area contributed by atoms with Crippen molar-refractivity contribution in [1.29, 1.82) is 0 Å².